The van der Waals surface area contributed by atoms with E-state index in [4.69, 9.17) is 11.6 Å². The van der Waals surface area contributed by atoms with Crippen LogP contribution in [-0.2, 0) is 16.6 Å². The Morgan fingerprint density at radius 3 is 2.86 bits per heavy atom. The molecule has 0 bridgehead atoms. The fourth-order valence-corrected chi connectivity index (χ4v) is 3.57. The predicted octanol–water partition coefficient (Wildman–Crippen LogP) is 2.14. The number of rotatable bonds is 3. The predicted molar refractivity (Wildman–Crippen MR) is 81.4 cm³/mol. The molecule has 0 aliphatic carbocycles. The van der Waals surface area contributed by atoms with E-state index in [-0.39, 0.29) is 0 Å². The second-order valence-corrected chi connectivity index (χ2v) is 6.73. The molecule has 2 aromatic rings. The zero-order valence-corrected chi connectivity index (χ0v) is 12.6. The molecule has 0 radical (unpaired) electrons. The summed E-state index contributed by atoms with van der Waals surface area (Å²) in [6, 6.07) is 7.06. The molecule has 1 aromatic heterocycles. The van der Waals surface area contributed by atoms with Gasteiger partial charge in [0.05, 0.1) is 5.41 Å². The molecule has 0 saturated heterocycles. The highest BCUT2D eigenvalue weighted by atomic mass is 35.5. The van der Waals surface area contributed by atoms with E-state index in [0.717, 1.165) is 5.41 Å². The van der Waals surface area contributed by atoms with Gasteiger partial charge >= 0.3 is 0 Å². The summed E-state index contributed by atoms with van der Waals surface area (Å²) in [4.78, 5) is 4.02. The van der Waals surface area contributed by atoms with Crippen LogP contribution in [0, 0.1) is 0 Å². The molecule has 0 fully saturated rings. The van der Waals surface area contributed by atoms with Gasteiger partial charge in [-0.15, -0.1) is 0 Å². The standard InChI is InChI=1S/C13H13ClN4O2S/c14-12-5-2-1-4-11(12)6-9-21(19,20)18-8-3-7-17-13(18)15-10-16-17/h1-2,4-6,9-10H,3,7-8H2/b9-6-. The summed E-state index contributed by atoms with van der Waals surface area (Å²) in [5, 5.41) is 5.66. The summed E-state index contributed by atoms with van der Waals surface area (Å²) >= 11 is 6.02. The number of hydrogen-bond acceptors (Lipinski definition) is 4. The molecule has 8 heteroatoms. The van der Waals surface area contributed by atoms with E-state index in [0.29, 0.717) is 36.0 Å². The van der Waals surface area contributed by atoms with Crippen molar-refractivity contribution in [2.45, 2.75) is 13.0 Å². The third-order valence-corrected chi connectivity index (χ3v) is 4.97. The first kappa shape index (κ1) is 14.1. The fraction of sp³-hybridized carbons (Fsp3) is 0.231. The van der Waals surface area contributed by atoms with E-state index in [2.05, 4.69) is 10.1 Å². The first-order chi connectivity index (χ1) is 10.1. The lowest BCUT2D eigenvalue weighted by Gasteiger charge is -2.25. The highest BCUT2D eigenvalue weighted by Gasteiger charge is 2.27. The number of anilines is 1. The van der Waals surface area contributed by atoms with Crippen LogP contribution in [0.15, 0.2) is 36.0 Å². The van der Waals surface area contributed by atoms with Gasteiger partial charge in [0.25, 0.3) is 10.0 Å². The summed E-state index contributed by atoms with van der Waals surface area (Å²) in [6.07, 6.45) is 3.56. The Bertz CT molecular complexity index is 785. The second-order valence-electron chi connectivity index (χ2n) is 4.58. The molecule has 1 aliphatic rings. The lowest BCUT2D eigenvalue weighted by atomic mass is 10.2. The van der Waals surface area contributed by atoms with Crippen molar-refractivity contribution in [2.24, 2.45) is 0 Å². The normalized spacial score (nSPS) is 15.4. The van der Waals surface area contributed by atoms with Crippen molar-refractivity contribution in [3.05, 3.63) is 46.6 Å². The van der Waals surface area contributed by atoms with Crippen LogP contribution < -0.4 is 4.31 Å². The molecule has 6 nitrogen and oxygen atoms in total. The molecule has 1 aliphatic heterocycles. The van der Waals surface area contributed by atoms with E-state index in [1.807, 2.05) is 0 Å². The molecule has 0 N–H and O–H groups in total. The van der Waals surface area contributed by atoms with Crippen LogP contribution >= 0.6 is 11.6 Å². The van der Waals surface area contributed by atoms with Crippen LogP contribution in [0.3, 0.4) is 0 Å². The summed E-state index contributed by atoms with van der Waals surface area (Å²) in [6.45, 7) is 1.07. The van der Waals surface area contributed by atoms with E-state index < -0.39 is 10.0 Å². The Kier molecular flexibility index (Phi) is 3.69. The Balaban J connectivity index is 1.91. The van der Waals surface area contributed by atoms with Crippen molar-refractivity contribution < 1.29 is 8.42 Å². The first-order valence-corrected chi connectivity index (χ1v) is 8.29. The summed E-state index contributed by atoms with van der Waals surface area (Å²) in [5.74, 6) is 0.352. The molecule has 0 unspecified atom stereocenters. The van der Waals surface area contributed by atoms with Gasteiger partial charge in [-0.3, -0.25) is 0 Å². The van der Waals surface area contributed by atoms with Crippen LogP contribution in [0.4, 0.5) is 5.95 Å². The quantitative estimate of drug-likeness (QED) is 0.867. The first-order valence-electron chi connectivity index (χ1n) is 6.41. The highest BCUT2D eigenvalue weighted by molar-refractivity contribution is 7.95. The van der Waals surface area contributed by atoms with Crippen LogP contribution in [0.25, 0.3) is 6.08 Å². The minimum Gasteiger partial charge on any atom is -0.234 e. The SMILES string of the molecule is O=S(=O)(/C=C\c1ccccc1Cl)N1CCCn2ncnc21. The number of sulfonamides is 1. The fourth-order valence-electron chi connectivity index (χ4n) is 2.16. The van der Waals surface area contributed by atoms with Gasteiger partial charge in [-0.25, -0.2) is 17.4 Å². The molecule has 2 heterocycles. The van der Waals surface area contributed by atoms with Gasteiger partial charge in [-0.1, -0.05) is 29.8 Å². The van der Waals surface area contributed by atoms with E-state index in [1.165, 1.54) is 16.7 Å². The number of fused-ring (bicyclic) bond motifs is 1. The maximum atomic E-state index is 12.4. The van der Waals surface area contributed by atoms with Crippen LogP contribution in [0.1, 0.15) is 12.0 Å². The van der Waals surface area contributed by atoms with Crippen molar-refractivity contribution in [1.29, 1.82) is 0 Å². The molecular formula is C13H13ClN4O2S. The maximum Gasteiger partial charge on any atom is 0.259 e. The maximum absolute atomic E-state index is 12.4. The molecule has 3 rings (SSSR count). The van der Waals surface area contributed by atoms with Crippen molar-refractivity contribution in [3.63, 3.8) is 0 Å². The Morgan fingerprint density at radius 1 is 1.24 bits per heavy atom. The van der Waals surface area contributed by atoms with Gasteiger partial charge < -0.3 is 0 Å². The summed E-state index contributed by atoms with van der Waals surface area (Å²) in [7, 11) is -3.61. The van der Waals surface area contributed by atoms with E-state index in [9.17, 15) is 8.42 Å². The minimum atomic E-state index is -3.61. The van der Waals surface area contributed by atoms with Crippen molar-refractivity contribution in [3.8, 4) is 0 Å². The van der Waals surface area contributed by atoms with Gasteiger partial charge in [-0.05, 0) is 24.1 Å². The zero-order valence-electron chi connectivity index (χ0n) is 11.1. The minimum absolute atomic E-state index is 0.352. The lowest BCUT2D eigenvalue weighted by Crippen LogP contribution is -2.36. The second kappa shape index (κ2) is 5.50. The molecule has 0 atom stereocenters. The number of aryl methyl sites for hydroxylation is 1. The monoisotopic (exact) mass is 324 g/mol. The Labute approximate surface area is 127 Å². The smallest absolute Gasteiger partial charge is 0.234 e. The summed E-state index contributed by atoms with van der Waals surface area (Å²) < 4.78 is 27.7. The van der Waals surface area contributed by atoms with Gasteiger partial charge in [0.2, 0.25) is 5.95 Å². The van der Waals surface area contributed by atoms with Crippen LogP contribution in [0.5, 0.6) is 0 Å². The third-order valence-electron chi connectivity index (χ3n) is 3.18. The molecule has 0 amide bonds. The zero-order chi connectivity index (χ0) is 14.9. The molecule has 0 spiro atoms. The molecule has 0 saturated carbocycles. The average molecular weight is 325 g/mol. The molecule has 110 valence electrons. The van der Waals surface area contributed by atoms with Gasteiger partial charge in [0.1, 0.15) is 6.33 Å². The van der Waals surface area contributed by atoms with Crippen molar-refractivity contribution in [2.75, 3.05) is 10.8 Å². The lowest BCUT2D eigenvalue weighted by molar-refractivity contribution is 0.533. The van der Waals surface area contributed by atoms with E-state index >= 15 is 0 Å². The molecular weight excluding hydrogens is 312 g/mol. The topological polar surface area (TPSA) is 68.1 Å². The van der Waals surface area contributed by atoms with E-state index in [1.54, 1.807) is 28.9 Å². The third kappa shape index (κ3) is 2.79. The van der Waals surface area contributed by atoms with Crippen LogP contribution in [-0.4, -0.2) is 29.7 Å². The van der Waals surface area contributed by atoms with Gasteiger partial charge in [-0.2, -0.15) is 10.1 Å². The number of aromatic nitrogens is 3. The summed E-state index contributed by atoms with van der Waals surface area (Å²) in [5.41, 5.74) is 0.654. The molecule has 1 aromatic carbocycles. The number of halogens is 1. The largest absolute Gasteiger partial charge is 0.259 e. The number of nitrogens with zero attached hydrogens (tertiary/aromatic N) is 4. The highest BCUT2D eigenvalue weighted by Crippen LogP contribution is 2.22. The van der Waals surface area contributed by atoms with Crippen LogP contribution in [0.2, 0.25) is 5.02 Å². The van der Waals surface area contributed by atoms with Crippen molar-refractivity contribution in [1.82, 2.24) is 14.8 Å². The van der Waals surface area contributed by atoms with Gasteiger partial charge in [0, 0.05) is 18.1 Å². The van der Waals surface area contributed by atoms with Gasteiger partial charge in [0.15, 0.2) is 0 Å². The average Bonchev–Trinajstić information content (AvgIpc) is 2.94. The van der Waals surface area contributed by atoms with Crippen molar-refractivity contribution >= 4 is 33.6 Å². The molecule has 21 heavy (non-hydrogen) atoms. The Hall–Kier alpha value is -1.86. The Morgan fingerprint density at radius 2 is 2.05 bits per heavy atom. The number of hydrogen-bond donors (Lipinski definition) is 0. The number of benzene rings is 1.